The molecule has 1 N–H and O–H groups in total. The lowest BCUT2D eigenvalue weighted by Crippen LogP contribution is -2.06. The molecule has 0 aliphatic heterocycles. The van der Waals surface area contributed by atoms with Gasteiger partial charge in [-0.1, -0.05) is 81.6 Å². The van der Waals surface area contributed by atoms with Gasteiger partial charge in [-0.05, 0) is 41.5 Å². The fourth-order valence-electron chi connectivity index (χ4n) is 3.39. The summed E-state index contributed by atoms with van der Waals surface area (Å²) in [6.45, 7) is 0.408. The molecule has 35 heavy (non-hydrogen) atoms. The summed E-state index contributed by atoms with van der Waals surface area (Å²) in [4.78, 5) is 5.33. The minimum absolute atomic E-state index is 0.357. The summed E-state index contributed by atoms with van der Waals surface area (Å²) >= 11 is 17.7. The van der Waals surface area contributed by atoms with Crippen LogP contribution in [0.4, 0.5) is 0 Å². The maximum absolute atomic E-state index is 11.1. The predicted octanol–water partition coefficient (Wildman–Crippen LogP) is 8.11. The summed E-state index contributed by atoms with van der Waals surface area (Å²) in [6.07, 6.45) is 0.546. The number of aromatic nitrogens is 1. The third-order valence-corrected chi connectivity index (χ3v) is 7.43. The molecule has 1 aromatic heterocycles. The van der Waals surface area contributed by atoms with Gasteiger partial charge in [-0.15, -0.1) is 11.8 Å². The number of thioether (sulfide) groups is 1. The highest BCUT2D eigenvalue weighted by molar-refractivity contribution is 9.10. The van der Waals surface area contributed by atoms with Crippen molar-refractivity contribution in [2.75, 3.05) is 7.11 Å². The first kappa shape index (κ1) is 25.9. The van der Waals surface area contributed by atoms with Gasteiger partial charge in [0.05, 0.1) is 23.9 Å². The monoisotopic (exact) mass is 589 g/mol. The van der Waals surface area contributed by atoms with Crippen molar-refractivity contribution < 1.29 is 14.6 Å². The molecule has 8 heteroatoms. The molecular weight excluding hydrogens is 569 g/mol. The topological polar surface area (TPSA) is 51.6 Å². The Labute approximate surface area is 227 Å². The van der Waals surface area contributed by atoms with Gasteiger partial charge < -0.3 is 14.6 Å². The zero-order chi connectivity index (χ0) is 24.8. The molecule has 1 atom stereocenters. The summed E-state index contributed by atoms with van der Waals surface area (Å²) in [5.41, 5.74) is 3.02. The van der Waals surface area contributed by atoms with Gasteiger partial charge >= 0.3 is 0 Å². The van der Waals surface area contributed by atoms with Crippen LogP contribution in [0.3, 0.4) is 0 Å². The van der Waals surface area contributed by atoms with E-state index in [-0.39, 0.29) is 0 Å². The number of hydrogen-bond donors (Lipinski definition) is 1. The van der Waals surface area contributed by atoms with E-state index in [0.29, 0.717) is 39.4 Å². The summed E-state index contributed by atoms with van der Waals surface area (Å²) < 4.78 is 12.1. The van der Waals surface area contributed by atoms with Gasteiger partial charge in [0.15, 0.2) is 5.75 Å². The molecule has 180 valence electrons. The SMILES string of the molecule is COc1ccc(CSc2cc(C(O)c3c(Cl)cc(Br)cc3Cl)ncc2OCc2ccccc2)cc1. The quantitative estimate of drug-likeness (QED) is 0.199. The lowest BCUT2D eigenvalue weighted by Gasteiger charge is -2.17. The molecule has 1 unspecified atom stereocenters. The van der Waals surface area contributed by atoms with Crippen LogP contribution in [-0.4, -0.2) is 17.2 Å². The van der Waals surface area contributed by atoms with Crippen molar-refractivity contribution in [3.8, 4) is 11.5 Å². The van der Waals surface area contributed by atoms with E-state index in [9.17, 15) is 5.11 Å². The summed E-state index contributed by atoms with van der Waals surface area (Å²) in [6, 6.07) is 23.1. The largest absolute Gasteiger partial charge is 0.497 e. The number of halogens is 3. The second-order valence-electron chi connectivity index (χ2n) is 7.65. The second-order valence-corrected chi connectivity index (χ2v) is 10.4. The Bertz CT molecular complexity index is 1270. The Balaban J connectivity index is 1.62. The maximum Gasteiger partial charge on any atom is 0.151 e. The molecule has 4 aromatic rings. The molecule has 0 fully saturated rings. The summed E-state index contributed by atoms with van der Waals surface area (Å²) in [5, 5.41) is 11.8. The van der Waals surface area contributed by atoms with E-state index >= 15 is 0 Å². The first-order valence-corrected chi connectivity index (χ1v) is 13.2. The highest BCUT2D eigenvalue weighted by Crippen LogP contribution is 2.39. The van der Waals surface area contributed by atoms with Crippen LogP contribution in [0.5, 0.6) is 11.5 Å². The van der Waals surface area contributed by atoms with Crippen molar-refractivity contribution in [1.29, 1.82) is 0 Å². The Hall–Kier alpha value is -2.22. The van der Waals surface area contributed by atoms with Gasteiger partial charge in [0.2, 0.25) is 0 Å². The maximum atomic E-state index is 11.1. The molecule has 4 rings (SSSR count). The van der Waals surface area contributed by atoms with E-state index in [2.05, 4.69) is 20.9 Å². The number of benzene rings is 3. The standard InChI is InChI=1S/C27H22BrCl2NO3S/c1-33-20-9-7-18(8-10-20)16-35-25-13-23(27(32)26-21(29)11-19(28)12-22(26)30)31-14-24(25)34-15-17-5-3-2-4-6-17/h2-14,27,32H,15-16H2,1H3. The van der Waals surface area contributed by atoms with Crippen LogP contribution in [0.15, 0.2) is 88.4 Å². The first-order chi connectivity index (χ1) is 16.9. The minimum atomic E-state index is -1.09. The third kappa shape index (κ3) is 6.72. The molecule has 0 radical (unpaired) electrons. The zero-order valence-electron chi connectivity index (χ0n) is 18.8. The van der Waals surface area contributed by atoms with E-state index in [0.717, 1.165) is 26.2 Å². The van der Waals surface area contributed by atoms with Crippen LogP contribution < -0.4 is 9.47 Å². The van der Waals surface area contributed by atoms with Crippen LogP contribution in [0.1, 0.15) is 28.5 Å². The molecule has 0 saturated heterocycles. The van der Waals surface area contributed by atoms with Gasteiger partial charge in [0.1, 0.15) is 18.5 Å². The van der Waals surface area contributed by atoms with Crippen LogP contribution in [-0.2, 0) is 12.4 Å². The normalized spacial score (nSPS) is 11.8. The van der Waals surface area contributed by atoms with Crippen LogP contribution in [0.2, 0.25) is 10.0 Å². The summed E-state index contributed by atoms with van der Waals surface area (Å²) in [5.74, 6) is 2.14. The van der Waals surface area contributed by atoms with Gasteiger partial charge in [-0.25, -0.2) is 0 Å². The number of methoxy groups -OCH3 is 1. The molecule has 0 aliphatic carbocycles. The molecule has 4 nitrogen and oxygen atoms in total. The molecule has 3 aromatic carbocycles. The number of pyridine rings is 1. The van der Waals surface area contributed by atoms with Crippen molar-refractivity contribution in [2.24, 2.45) is 0 Å². The minimum Gasteiger partial charge on any atom is -0.497 e. The lowest BCUT2D eigenvalue weighted by atomic mass is 10.1. The van der Waals surface area contributed by atoms with Crippen molar-refractivity contribution in [1.82, 2.24) is 4.98 Å². The highest BCUT2D eigenvalue weighted by atomic mass is 79.9. The third-order valence-electron chi connectivity index (χ3n) is 5.24. The molecule has 0 aliphatic rings. The molecular formula is C27H22BrCl2NO3S. The van der Waals surface area contributed by atoms with Crippen molar-refractivity contribution in [3.05, 3.63) is 116 Å². The van der Waals surface area contributed by atoms with Gasteiger partial charge in [0.25, 0.3) is 0 Å². The smallest absolute Gasteiger partial charge is 0.151 e. The second kappa shape index (κ2) is 12.2. The number of rotatable bonds is 9. The average molecular weight is 591 g/mol. The molecule has 0 bridgehead atoms. The van der Waals surface area contributed by atoms with Crippen molar-refractivity contribution >= 4 is 50.9 Å². The molecule has 0 spiro atoms. The van der Waals surface area contributed by atoms with E-state index in [1.807, 2.05) is 60.7 Å². The Morgan fingerprint density at radius 1 is 0.971 bits per heavy atom. The average Bonchev–Trinajstić information content (AvgIpc) is 2.86. The lowest BCUT2D eigenvalue weighted by molar-refractivity contribution is 0.214. The van der Waals surface area contributed by atoms with E-state index in [1.54, 1.807) is 37.2 Å². The molecule has 1 heterocycles. The molecule has 0 saturated carbocycles. The number of aliphatic hydroxyl groups is 1. The van der Waals surface area contributed by atoms with E-state index in [1.165, 1.54) is 0 Å². The number of aliphatic hydroxyl groups excluding tert-OH is 1. The Morgan fingerprint density at radius 3 is 2.31 bits per heavy atom. The Kier molecular flexibility index (Phi) is 8.98. The fourth-order valence-corrected chi connectivity index (χ4v) is 5.78. The van der Waals surface area contributed by atoms with Crippen molar-refractivity contribution in [2.45, 2.75) is 23.4 Å². The van der Waals surface area contributed by atoms with Gasteiger partial charge in [-0.2, -0.15) is 0 Å². The van der Waals surface area contributed by atoms with Crippen LogP contribution in [0, 0.1) is 0 Å². The highest BCUT2D eigenvalue weighted by Gasteiger charge is 2.21. The zero-order valence-corrected chi connectivity index (χ0v) is 22.7. The number of nitrogens with zero attached hydrogens (tertiary/aromatic N) is 1. The number of hydrogen-bond acceptors (Lipinski definition) is 5. The van der Waals surface area contributed by atoms with Crippen LogP contribution >= 0.6 is 50.9 Å². The van der Waals surface area contributed by atoms with Crippen molar-refractivity contribution in [3.63, 3.8) is 0 Å². The first-order valence-electron chi connectivity index (χ1n) is 10.7. The molecule has 0 amide bonds. The fraction of sp³-hybridized carbons (Fsp3) is 0.148. The summed E-state index contributed by atoms with van der Waals surface area (Å²) in [7, 11) is 1.65. The van der Waals surface area contributed by atoms with E-state index < -0.39 is 6.10 Å². The predicted molar refractivity (Wildman–Crippen MR) is 146 cm³/mol. The Morgan fingerprint density at radius 2 is 1.66 bits per heavy atom. The van der Waals surface area contributed by atoms with Crippen LogP contribution in [0.25, 0.3) is 0 Å². The van der Waals surface area contributed by atoms with Gasteiger partial charge in [-0.3, -0.25) is 4.98 Å². The van der Waals surface area contributed by atoms with E-state index in [4.69, 9.17) is 32.7 Å². The van der Waals surface area contributed by atoms with Gasteiger partial charge in [0, 0.05) is 25.8 Å². The number of ether oxygens (including phenoxy) is 2.